The lowest BCUT2D eigenvalue weighted by Crippen LogP contribution is -2.49. The second-order valence-corrected chi connectivity index (χ2v) is 7.71. The fourth-order valence-electron chi connectivity index (χ4n) is 3.56. The predicted octanol–water partition coefficient (Wildman–Crippen LogP) is 3.09. The molecule has 2 heterocycles. The second kappa shape index (κ2) is 9.29. The Morgan fingerprint density at radius 2 is 2.16 bits per heavy atom. The zero-order valence-corrected chi connectivity index (χ0v) is 17.5. The molecule has 1 unspecified atom stereocenters. The fraction of sp³-hybridized carbons (Fsp3) is 0.261. The monoisotopic (exact) mass is 437 g/mol. The molecule has 32 heavy (non-hydrogen) atoms. The summed E-state index contributed by atoms with van der Waals surface area (Å²) in [6.07, 6.45) is 5.44. The second-order valence-electron chi connectivity index (χ2n) is 7.71. The maximum Gasteiger partial charge on any atom is 0.248 e. The average Bonchev–Trinajstić information content (AvgIpc) is 2.74. The van der Waals surface area contributed by atoms with E-state index in [4.69, 9.17) is 0 Å². The van der Waals surface area contributed by atoms with Gasteiger partial charge < -0.3 is 20.8 Å². The van der Waals surface area contributed by atoms with Crippen LogP contribution in [-0.2, 0) is 4.79 Å². The Bertz CT molecular complexity index is 1180. The van der Waals surface area contributed by atoms with Crippen LogP contribution in [0.5, 0.6) is 5.75 Å². The number of aromatic nitrogens is 2. The van der Waals surface area contributed by atoms with E-state index in [0.29, 0.717) is 34.5 Å². The lowest BCUT2D eigenvalue weighted by Gasteiger charge is -2.39. The molecule has 0 bridgehead atoms. The molecule has 8 nitrogen and oxygen atoms in total. The molecular weight excluding hydrogens is 413 g/mol. The number of rotatable bonds is 7. The number of carbonyl (C=O) groups is 1. The molecule has 166 valence electrons. The number of halogens is 1. The van der Waals surface area contributed by atoms with Gasteiger partial charge in [-0.2, -0.15) is 0 Å². The van der Waals surface area contributed by atoms with E-state index < -0.39 is 0 Å². The van der Waals surface area contributed by atoms with E-state index >= 15 is 0 Å². The molecule has 3 aromatic rings. The molecule has 4 rings (SSSR count). The maximum absolute atomic E-state index is 13.6. The largest absolute Gasteiger partial charge is 0.506 e. The normalized spacial score (nSPS) is 16.3. The van der Waals surface area contributed by atoms with Gasteiger partial charge in [-0.15, -0.1) is 0 Å². The first kappa shape index (κ1) is 21.7. The molecule has 1 aliphatic rings. The van der Waals surface area contributed by atoms with Crippen molar-refractivity contribution in [2.24, 2.45) is 0 Å². The van der Waals surface area contributed by atoms with E-state index in [9.17, 15) is 19.4 Å². The Kier molecular flexibility index (Phi) is 6.29. The molecule has 0 saturated carbocycles. The molecule has 1 amide bonds. The third-order valence-corrected chi connectivity index (χ3v) is 5.52. The van der Waals surface area contributed by atoms with Crippen LogP contribution in [0.25, 0.3) is 10.9 Å². The number of aliphatic hydroxyl groups is 1. The number of nitrogens with zero attached hydrogens (tertiary/aromatic N) is 3. The van der Waals surface area contributed by atoms with Crippen LogP contribution in [0.2, 0.25) is 0 Å². The first-order valence-corrected chi connectivity index (χ1v) is 10.3. The van der Waals surface area contributed by atoms with Crippen LogP contribution < -0.4 is 10.6 Å². The van der Waals surface area contributed by atoms with E-state index in [-0.39, 0.29) is 35.8 Å². The van der Waals surface area contributed by atoms with Gasteiger partial charge in [0.05, 0.1) is 17.8 Å². The Morgan fingerprint density at radius 1 is 1.31 bits per heavy atom. The standard InChI is InChI=1S/C23H24FN5O3/c1-14-9-15(4-5-18(14)24)27-23-17-10-20(21(31)11-19(17)25-13-26-23)28-22(32)3-2-7-29-8-6-16(29)12-30/h2-5,9-11,13,16,30-31H,6-8,12H2,1H3,(H,28,32)(H,25,26,27)/b3-2+. The lowest BCUT2D eigenvalue weighted by molar-refractivity contribution is -0.111. The number of benzene rings is 2. The van der Waals surface area contributed by atoms with Crippen LogP contribution in [-0.4, -0.2) is 56.7 Å². The van der Waals surface area contributed by atoms with Crippen LogP contribution in [0.3, 0.4) is 0 Å². The Morgan fingerprint density at radius 3 is 2.88 bits per heavy atom. The molecule has 0 spiro atoms. The number of phenolic OH excluding ortho intramolecular Hbond substituents is 1. The van der Waals surface area contributed by atoms with Crippen molar-refractivity contribution in [2.75, 3.05) is 30.3 Å². The molecule has 1 atom stereocenters. The minimum atomic E-state index is -0.388. The quantitative estimate of drug-likeness (QED) is 0.332. The van der Waals surface area contributed by atoms with Gasteiger partial charge in [0.2, 0.25) is 5.91 Å². The van der Waals surface area contributed by atoms with Crippen molar-refractivity contribution in [1.82, 2.24) is 14.9 Å². The van der Waals surface area contributed by atoms with Gasteiger partial charge >= 0.3 is 0 Å². The minimum absolute atomic E-state index is 0.112. The van der Waals surface area contributed by atoms with Crippen molar-refractivity contribution in [3.05, 3.63) is 60.2 Å². The number of phenols is 1. The predicted molar refractivity (Wildman–Crippen MR) is 120 cm³/mol. The highest BCUT2D eigenvalue weighted by molar-refractivity contribution is 6.03. The van der Waals surface area contributed by atoms with Gasteiger partial charge in [-0.05, 0) is 43.2 Å². The van der Waals surface area contributed by atoms with Crippen molar-refractivity contribution < 1.29 is 19.4 Å². The van der Waals surface area contributed by atoms with E-state index in [1.54, 1.807) is 31.2 Å². The number of likely N-dealkylation sites (tertiary alicyclic amines) is 1. The summed E-state index contributed by atoms with van der Waals surface area (Å²) in [5, 5.41) is 25.9. The van der Waals surface area contributed by atoms with Gasteiger partial charge in [0.15, 0.2) is 0 Å². The van der Waals surface area contributed by atoms with Crippen LogP contribution in [0.4, 0.5) is 21.6 Å². The summed E-state index contributed by atoms with van der Waals surface area (Å²) in [7, 11) is 0. The summed E-state index contributed by atoms with van der Waals surface area (Å²) >= 11 is 0. The molecule has 1 saturated heterocycles. The molecule has 1 aromatic heterocycles. The van der Waals surface area contributed by atoms with Gasteiger partial charge in [-0.3, -0.25) is 9.69 Å². The summed E-state index contributed by atoms with van der Waals surface area (Å²) in [6.45, 7) is 3.25. The maximum atomic E-state index is 13.6. The fourth-order valence-corrected chi connectivity index (χ4v) is 3.56. The van der Waals surface area contributed by atoms with Crippen molar-refractivity contribution in [1.29, 1.82) is 0 Å². The highest BCUT2D eigenvalue weighted by Crippen LogP contribution is 2.32. The molecule has 1 fully saturated rings. The van der Waals surface area contributed by atoms with Crippen molar-refractivity contribution in [3.8, 4) is 5.75 Å². The number of aliphatic hydroxyl groups excluding tert-OH is 1. The zero-order chi connectivity index (χ0) is 22.7. The van der Waals surface area contributed by atoms with Gasteiger partial charge in [0, 0.05) is 42.3 Å². The van der Waals surface area contributed by atoms with Crippen molar-refractivity contribution in [2.45, 2.75) is 19.4 Å². The molecule has 4 N–H and O–H groups in total. The minimum Gasteiger partial charge on any atom is -0.506 e. The molecular formula is C23H24FN5O3. The number of nitrogens with one attached hydrogen (secondary N) is 2. The number of fused-ring (bicyclic) bond motifs is 1. The van der Waals surface area contributed by atoms with E-state index in [1.165, 1.54) is 24.5 Å². The lowest BCUT2D eigenvalue weighted by atomic mass is 10.0. The summed E-state index contributed by atoms with van der Waals surface area (Å²) in [5.41, 5.74) is 1.85. The number of hydrogen-bond donors (Lipinski definition) is 4. The third kappa shape index (κ3) is 4.68. The first-order valence-electron chi connectivity index (χ1n) is 10.3. The highest BCUT2D eigenvalue weighted by atomic mass is 19.1. The third-order valence-electron chi connectivity index (χ3n) is 5.52. The van der Waals surface area contributed by atoms with E-state index in [0.717, 1.165) is 13.0 Å². The topological polar surface area (TPSA) is 111 Å². The van der Waals surface area contributed by atoms with Crippen molar-refractivity contribution in [3.63, 3.8) is 0 Å². The number of hydrogen-bond acceptors (Lipinski definition) is 7. The van der Waals surface area contributed by atoms with E-state index in [1.807, 2.05) is 0 Å². The molecule has 9 heteroatoms. The molecule has 0 radical (unpaired) electrons. The van der Waals surface area contributed by atoms with Crippen molar-refractivity contribution >= 4 is 34.0 Å². The van der Waals surface area contributed by atoms with Gasteiger partial charge in [0.1, 0.15) is 23.7 Å². The average molecular weight is 437 g/mol. The van der Waals surface area contributed by atoms with Gasteiger partial charge in [-0.1, -0.05) is 6.08 Å². The van der Waals surface area contributed by atoms with Crippen LogP contribution >= 0.6 is 0 Å². The Labute approximate surface area is 184 Å². The summed E-state index contributed by atoms with van der Waals surface area (Å²) in [5.74, 6) is -0.349. The van der Waals surface area contributed by atoms with Gasteiger partial charge in [0.25, 0.3) is 0 Å². The summed E-state index contributed by atoms with van der Waals surface area (Å²) in [6, 6.07) is 7.83. The number of anilines is 3. The zero-order valence-electron chi connectivity index (χ0n) is 17.5. The van der Waals surface area contributed by atoms with Crippen LogP contribution in [0.15, 0.2) is 48.8 Å². The number of carbonyl (C=O) groups excluding carboxylic acids is 1. The Hall–Kier alpha value is -3.56. The highest BCUT2D eigenvalue weighted by Gasteiger charge is 2.25. The SMILES string of the molecule is Cc1cc(Nc2ncnc3cc(O)c(NC(=O)/C=C/CN4CCC4CO)cc23)ccc1F. The number of aryl methyl sites for hydroxylation is 1. The summed E-state index contributed by atoms with van der Waals surface area (Å²) < 4.78 is 13.6. The summed E-state index contributed by atoms with van der Waals surface area (Å²) in [4.78, 5) is 22.8. The molecule has 0 aliphatic carbocycles. The number of amides is 1. The Balaban J connectivity index is 1.52. The van der Waals surface area contributed by atoms with Gasteiger partial charge in [-0.25, -0.2) is 14.4 Å². The van der Waals surface area contributed by atoms with Crippen LogP contribution in [0, 0.1) is 12.7 Å². The first-order chi connectivity index (χ1) is 15.4. The smallest absolute Gasteiger partial charge is 0.248 e. The van der Waals surface area contributed by atoms with Crippen LogP contribution in [0.1, 0.15) is 12.0 Å². The molecule has 2 aromatic carbocycles. The molecule has 1 aliphatic heterocycles. The van der Waals surface area contributed by atoms with E-state index in [2.05, 4.69) is 25.5 Å². The number of aromatic hydroxyl groups is 1.